The molecule has 8 heteroatoms. The van der Waals surface area contributed by atoms with Crippen LogP contribution in [0.15, 0.2) is 36.4 Å². The van der Waals surface area contributed by atoms with Gasteiger partial charge in [0.15, 0.2) is 0 Å². The number of nitro benzene ring substituents is 1. The number of non-ortho nitro benzene ring substituents is 1. The Morgan fingerprint density at radius 2 is 1.79 bits per heavy atom. The van der Waals surface area contributed by atoms with Crippen LogP contribution in [0.2, 0.25) is 0 Å². The van der Waals surface area contributed by atoms with E-state index in [-0.39, 0.29) is 46.9 Å². The van der Waals surface area contributed by atoms with E-state index in [9.17, 15) is 24.5 Å². The van der Waals surface area contributed by atoms with Crippen LogP contribution in [-0.4, -0.2) is 33.6 Å². The van der Waals surface area contributed by atoms with Gasteiger partial charge in [0.25, 0.3) is 5.69 Å². The minimum atomic E-state index is -0.972. The second-order valence-corrected chi connectivity index (χ2v) is 8.17. The second-order valence-electron chi connectivity index (χ2n) is 8.17. The van der Waals surface area contributed by atoms with Gasteiger partial charge in [-0.05, 0) is 43.1 Å². The molecule has 8 nitrogen and oxygen atoms in total. The Morgan fingerprint density at radius 3 is 2.36 bits per heavy atom. The maximum absolute atomic E-state index is 13.0. The molecule has 0 unspecified atom stereocenters. The highest BCUT2D eigenvalue weighted by atomic mass is 16.6. The molecule has 6 rings (SSSR count). The van der Waals surface area contributed by atoms with Crippen molar-refractivity contribution in [1.82, 2.24) is 4.90 Å². The maximum atomic E-state index is 13.0. The standard InChI is InChI=1S/C20H19N3O5/c1-9(18(24)21-10-3-2-4-11(7-10)23(27)28)22-19(25)16-12-5-6-13(15-8-14(12)15)17(16)20(22)26/h2-7,9,12-17H,8H2,1H3,(H,21,24)/t9-,12+,13+,14-,15+,16+,17-/m0/s1. The van der Waals surface area contributed by atoms with Crippen molar-refractivity contribution in [2.75, 3.05) is 5.32 Å². The molecule has 2 bridgehead atoms. The fourth-order valence-corrected chi connectivity index (χ4v) is 5.42. The average molecular weight is 381 g/mol. The first-order valence-electron chi connectivity index (χ1n) is 9.49. The van der Waals surface area contributed by atoms with Crippen molar-refractivity contribution in [1.29, 1.82) is 0 Å². The summed E-state index contributed by atoms with van der Waals surface area (Å²) in [6, 6.07) is 4.60. The third-order valence-corrected chi connectivity index (χ3v) is 6.79. The highest BCUT2D eigenvalue weighted by Crippen LogP contribution is 2.65. The summed E-state index contributed by atoms with van der Waals surface area (Å²) in [4.78, 5) is 50.2. The highest BCUT2D eigenvalue weighted by molar-refractivity contribution is 6.10. The Hall–Kier alpha value is -3.03. The summed E-state index contributed by atoms with van der Waals surface area (Å²) in [6.07, 6.45) is 5.25. The van der Waals surface area contributed by atoms with Crippen LogP contribution in [0.5, 0.6) is 0 Å². The van der Waals surface area contributed by atoms with Crippen molar-refractivity contribution in [3.05, 3.63) is 46.5 Å². The molecule has 3 amide bonds. The first kappa shape index (κ1) is 17.1. The summed E-state index contributed by atoms with van der Waals surface area (Å²) in [7, 11) is 0. The second kappa shape index (κ2) is 5.73. The van der Waals surface area contributed by atoms with Gasteiger partial charge in [-0.1, -0.05) is 18.2 Å². The number of nitrogens with one attached hydrogen (secondary N) is 1. The Morgan fingerprint density at radius 1 is 1.18 bits per heavy atom. The topological polar surface area (TPSA) is 110 Å². The predicted molar refractivity (Wildman–Crippen MR) is 97.7 cm³/mol. The fourth-order valence-electron chi connectivity index (χ4n) is 5.42. The third kappa shape index (κ3) is 2.26. The van der Waals surface area contributed by atoms with Crippen LogP contribution in [0, 0.1) is 45.6 Å². The number of allylic oxidation sites excluding steroid dienone is 2. The Balaban J connectivity index is 1.36. The van der Waals surface area contributed by atoms with Crippen LogP contribution in [-0.2, 0) is 14.4 Å². The first-order valence-corrected chi connectivity index (χ1v) is 9.49. The van der Waals surface area contributed by atoms with E-state index in [1.807, 2.05) is 0 Å². The number of carbonyl (C=O) groups excluding carboxylic acids is 3. The molecule has 5 aliphatic rings. The van der Waals surface area contributed by atoms with Crippen LogP contribution in [0.4, 0.5) is 11.4 Å². The molecule has 1 aromatic carbocycles. The van der Waals surface area contributed by atoms with Crippen molar-refractivity contribution < 1.29 is 19.3 Å². The lowest BCUT2D eigenvalue weighted by molar-refractivity contribution is -0.384. The van der Waals surface area contributed by atoms with Crippen molar-refractivity contribution in [2.24, 2.45) is 35.5 Å². The highest BCUT2D eigenvalue weighted by Gasteiger charge is 2.67. The molecule has 1 aromatic rings. The molecular formula is C20H19N3O5. The molecule has 7 atom stereocenters. The number of rotatable bonds is 4. The molecule has 28 heavy (non-hydrogen) atoms. The van der Waals surface area contributed by atoms with E-state index in [0.717, 1.165) is 11.3 Å². The number of likely N-dealkylation sites (tertiary alicyclic amines) is 1. The van der Waals surface area contributed by atoms with Gasteiger partial charge in [-0.15, -0.1) is 0 Å². The van der Waals surface area contributed by atoms with E-state index in [0.29, 0.717) is 11.8 Å². The Kier molecular flexibility index (Phi) is 3.50. The van der Waals surface area contributed by atoms with Crippen molar-refractivity contribution in [3.8, 4) is 0 Å². The molecule has 0 aromatic heterocycles. The third-order valence-electron chi connectivity index (χ3n) is 6.79. The molecule has 2 saturated carbocycles. The number of anilines is 1. The zero-order valence-electron chi connectivity index (χ0n) is 15.1. The monoisotopic (exact) mass is 381 g/mol. The molecule has 0 radical (unpaired) electrons. The van der Waals surface area contributed by atoms with Gasteiger partial charge in [0.05, 0.1) is 16.8 Å². The quantitative estimate of drug-likeness (QED) is 0.371. The zero-order chi connectivity index (χ0) is 19.7. The van der Waals surface area contributed by atoms with Gasteiger partial charge in [-0.2, -0.15) is 0 Å². The molecule has 1 N–H and O–H groups in total. The molecule has 1 heterocycles. The minimum absolute atomic E-state index is 0.105. The minimum Gasteiger partial charge on any atom is -0.324 e. The average Bonchev–Trinajstić information content (AvgIpc) is 3.45. The smallest absolute Gasteiger partial charge is 0.271 e. The molecule has 1 saturated heterocycles. The van der Waals surface area contributed by atoms with Crippen molar-refractivity contribution in [2.45, 2.75) is 19.4 Å². The van der Waals surface area contributed by atoms with E-state index >= 15 is 0 Å². The zero-order valence-corrected chi connectivity index (χ0v) is 15.1. The lowest BCUT2D eigenvalue weighted by atomic mass is 9.63. The van der Waals surface area contributed by atoms with Gasteiger partial charge in [0, 0.05) is 17.8 Å². The molecule has 3 fully saturated rings. The summed E-state index contributed by atoms with van der Waals surface area (Å²) < 4.78 is 0. The number of carbonyl (C=O) groups is 3. The van der Waals surface area contributed by atoms with Crippen molar-refractivity contribution in [3.63, 3.8) is 0 Å². The van der Waals surface area contributed by atoms with E-state index < -0.39 is 16.9 Å². The molecule has 4 aliphatic carbocycles. The van der Waals surface area contributed by atoms with Gasteiger partial charge in [0.2, 0.25) is 17.7 Å². The van der Waals surface area contributed by atoms with Gasteiger partial charge in [-0.3, -0.25) is 29.4 Å². The lowest BCUT2D eigenvalue weighted by Gasteiger charge is -2.37. The largest absolute Gasteiger partial charge is 0.324 e. The Labute approximate surface area is 160 Å². The number of hydrogen-bond acceptors (Lipinski definition) is 5. The maximum Gasteiger partial charge on any atom is 0.271 e. The van der Waals surface area contributed by atoms with Gasteiger partial charge >= 0.3 is 0 Å². The van der Waals surface area contributed by atoms with Crippen LogP contribution in [0.3, 0.4) is 0 Å². The van der Waals surface area contributed by atoms with Crippen LogP contribution < -0.4 is 5.32 Å². The normalized spacial score (nSPS) is 35.4. The molecule has 1 aliphatic heterocycles. The van der Waals surface area contributed by atoms with Crippen LogP contribution in [0.1, 0.15) is 13.3 Å². The number of nitro groups is 1. The van der Waals surface area contributed by atoms with E-state index in [2.05, 4.69) is 17.5 Å². The first-order chi connectivity index (χ1) is 13.4. The van der Waals surface area contributed by atoms with E-state index in [1.165, 1.54) is 31.2 Å². The summed E-state index contributed by atoms with van der Waals surface area (Å²) in [5.74, 6) is -0.543. The summed E-state index contributed by atoms with van der Waals surface area (Å²) in [6.45, 7) is 1.52. The number of hydrogen-bond donors (Lipinski definition) is 1. The van der Waals surface area contributed by atoms with E-state index in [4.69, 9.17) is 0 Å². The molecule has 144 valence electrons. The summed E-state index contributed by atoms with van der Waals surface area (Å²) >= 11 is 0. The summed E-state index contributed by atoms with van der Waals surface area (Å²) in [5, 5.41) is 13.5. The number of imide groups is 1. The lowest BCUT2D eigenvalue weighted by Crippen LogP contribution is -2.46. The van der Waals surface area contributed by atoms with Gasteiger partial charge in [0.1, 0.15) is 6.04 Å². The number of amides is 3. The van der Waals surface area contributed by atoms with Gasteiger partial charge in [-0.25, -0.2) is 0 Å². The predicted octanol–water partition coefficient (Wildman–Crippen LogP) is 1.97. The van der Waals surface area contributed by atoms with Crippen molar-refractivity contribution >= 4 is 29.1 Å². The Bertz CT molecular complexity index is 921. The van der Waals surface area contributed by atoms with Crippen LogP contribution >= 0.6 is 0 Å². The fraction of sp³-hybridized carbons (Fsp3) is 0.450. The molecular weight excluding hydrogens is 362 g/mol. The molecule has 0 spiro atoms. The SMILES string of the molecule is C[C@@H](C(=O)Nc1cccc([N+](=O)[O-])c1)N1C(=O)[C@@H]2[C@@H]3C=C[C@H]([C@H]4C[C@@H]34)[C@@H]2C1=O. The summed E-state index contributed by atoms with van der Waals surface area (Å²) in [5.41, 5.74) is 0.109. The van der Waals surface area contributed by atoms with E-state index in [1.54, 1.807) is 0 Å². The van der Waals surface area contributed by atoms with Crippen LogP contribution in [0.25, 0.3) is 0 Å². The number of nitrogens with zero attached hydrogens (tertiary/aromatic N) is 2. The van der Waals surface area contributed by atoms with Gasteiger partial charge < -0.3 is 5.32 Å². The number of benzene rings is 1.